The maximum atomic E-state index is 12.1. The van der Waals surface area contributed by atoms with E-state index in [0.717, 1.165) is 6.26 Å². The smallest absolute Gasteiger partial charge is 0.306 e. The van der Waals surface area contributed by atoms with Crippen molar-refractivity contribution in [3.8, 4) is 5.75 Å². The number of amides is 1. The molecule has 0 bridgehead atoms. The molecule has 1 aliphatic heterocycles. The molecule has 1 aromatic carbocycles. The predicted octanol–water partition coefficient (Wildman–Crippen LogP) is 1.80. The van der Waals surface area contributed by atoms with Crippen molar-refractivity contribution < 1.29 is 27.5 Å². The Labute approximate surface area is 174 Å². The summed E-state index contributed by atoms with van der Waals surface area (Å²) in [6.45, 7) is 0.934. The number of nitrogens with zero attached hydrogens (tertiary/aromatic N) is 2. The highest BCUT2D eigenvalue weighted by molar-refractivity contribution is 7.88. The first-order valence-electron chi connectivity index (χ1n) is 8.63. The van der Waals surface area contributed by atoms with Gasteiger partial charge in [0.05, 0.1) is 17.9 Å². The molecule has 0 unspecified atom stereocenters. The second kappa shape index (κ2) is 10.3. The molecule has 1 aliphatic rings. The molecule has 0 aromatic heterocycles. The fourth-order valence-corrected chi connectivity index (χ4v) is 3.86. The first-order chi connectivity index (χ1) is 13.2. The Morgan fingerprint density at radius 1 is 1.14 bits per heavy atom. The lowest BCUT2D eigenvalue weighted by molar-refractivity contribution is -0.152. The van der Waals surface area contributed by atoms with Crippen molar-refractivity contribution in [1.29, 1.82) is 0 Å². The van der Waals surface area contributed by atoms with E-state index < -0.39 is 16.0 Å². The summed E-state index contributed by atoms with van der Waals surface area (Å²) in [5, 5.41) is 0.889. The fourth-order valence-electron chi connectivity index (χ4n) is 2.57. The van der Waals surface area contributed by atoms with E-state index in [1.165, 1.54) is 9.21 Å². The van der Waals surface area contributed by atoms with Gasteiger partial charge in [-0.2, -0.15) is 4.31 Å². The summed E-state index contributed by atoms with van der Waals surface area (Å²) < 4.78 is 34.7. The van der Waals surface area contributed by atoms with Gasteiger partial charge in [0.15, 0.2) is 6.61 Å². The molecule has 28 heavy (non-hydrogen) atoms. The molecule has 156 valence electrons. The van der Waals surface area contributed by atoms with Gasteiger partial charge in [0, 0.05) is 37.6 Å². The zero-order valence-electron chi connectivity index (χ0n) is 15.4. The van der Waals surface area contributed by atoms with Crippen molar-refractivity contribution in [2.45, 2.75) is 12.8 Å². The average Bonchev–Trinajstić information content (AvgIpc) is 2.64. The summed E-state index contributed by atoms with van der Waals surface area (Å²) >= 11 is 11.8. The summed E-state index contributed by atoms with van der Waals surface area (Å²) in [4.78, 5) is 25.3. The maximum Gasteiger partial charge on any atom is 0.306 e. The topological polar surface area (TPSA) is 93.2 Å². The van der Waals surface area contributed by atoms with Gasteiger partial charge in [0.1, 0.15) is 5.75 Å². The van der Waals surface area contributed by atoms with E-state index >= 15 is 0 Å². The van der Waals surface area contributed by atoms with Gasteiger partial charge in [0.2, 0.25) is 10.0 Å². The molecule has 1 heterocycles. The highest BCUT2D eigenvalue weighted by Gasteiger charge is 2.26. The van der Waals surface area contributed by atoms with Crippen LogP contribution < -0.4 is 4.74 Å². The number of halogens is 2. The minimum atomic E-state index is -3.26. The molecule has 0 atom stereocenters. The molecule has 1 fully saturated rings. The predicted molar refractivity (Wildman–Crippen MR) is 105 cm³/mol. The van der Waals surface area contributed by atoms with Crippen LogP contribution in [0.4, 0.5) is 0 Å². The largest absolute Gasteiger partial charge is 0.492 e. The van der Waals surface area contributed by atoms with E-state index in [4.69, 9.17) is 32.7 Å². The molecule has 0 saturated carbocycles. The Morgan fingerprint density at radius 2 is 1.82 bits per heavy atom. The minimum Gasteiger partial charge on any atom is -0.492 e. The summed E-state index contributed by atoms with van der Waals surface area (Å²) in [7, 11) is -3.26. The third kappa shape index (κ3) is 7.12. The number of sulfonamides is 1. The normalized spacial score (nSPS) is 15.3. The molecule has 0 N–H and O–H groups in total. The second-order valence-electron chi connectivity index (χ2n) is 6.23. The molecule has 8 nitrogen and oxygen atoms in total. The van der Waals surface area contributed by atoms with Crippen LogP contribution in [0.5, 0.6) is 5.75 Å². The number of rotatable bonds is 8. The van der Waals surface area contributed by atoms with Crippen molar-refractivity contribution in [1.82, 2.24) is 9.21 Å². The molecular weight excluding hydrogens is 431 g/mol. The van der Waals surface area contributed by atoms with Crippen molar-refractivity contribution in [3.05, 3.63) is 28.2 Å². The lowest BCUT2D eigenvalue weighted by Crippen LogP contribution is -2.51. The Hall–Kier alpha value is -1.55. The molecule has 11 heteroatoms. The zero-order valence-corrected chi connectivity index (χ0v) is 17.7. The molecule has 1 amide bonds. The van der Waals surface area contributed by atoms with Crippen LogP contribution in [0.1, 0.15) is 12.8 Å². The van der Waals surface area contributed by atoms with Gasteiger partial charge in [-0.15, -0.1) is 0 Å². The van der Waals surface area contributed by atoms with Crippen molar-refractivity contribution in [2.75, 3.05) is 45.6 Å². The highest BCUT2D eigenvalue weighted by atomic mass is 35.5. The van der Waals surface area contributed by atoms with Gasteiger partial charge >= 0.3 is 5.97 Å². The van der Waals surface area contributed by atoms with Crippen LogP contribution in [0.2, 0.25) is 10.0 Å². The third-order valence-corrected chi connectivity index (χ3v) is 5.93. The van der Waals surface area contributed by atoms with Gasteiger partial charge in [-0.3, -0.25) is 9.59 Å². The van der Waals surface area contributed by atoms with E-state index in [-0.39, 0.29) is 51.7 Å². The monoisotopic (exact) mass is 452 g/mol. The lowest BCUT2D eigenvalue weighted by Gasteiger charge is -2.33. The number of carbonyl (C=O) groups is 2. The lowest BCUT2D eigenvalue weighted by atomic mass is 10.3. The number of hydrogen-bond acceptors (Lipinski definition) is 6. The van der Waals surface area contributed by atoms with E-state index in [2.05, 4.69) is 0 Å². The van der Waals surface area contributed by atoms with Gasteiger partial charge in [-0.05, 0) is 24.6 Å². The average molecular weight is 453 g/mol. The molecule has 0 aliphatic carbocycles. The molecule has 2 rings (SSSR count). The van der Waals surface area contributed by atoms with E-state index in [0.29, 0.717) is 22.2 Å². The maximum absolute atomic E-state index is 12.1. The summed E-state index contributed by atoms with van der Waals surface area (Å²) in [5.74, 6) is -0.373. The van der Waals surface area contributed by atoms with Crippen LogP contribution in [-0.4, -0.2) is 75.1 Å². The third-order valence-electron chi connectivity index (χ3n) is 4.09. The van der Waals surface area contributed by atoms with Gasteiger partial charge < -0.3 is 14.4 Å². The number of piperazine rings is 1. The quantitative estimate of drug-likeness (QED) is 0.440. The number of benzene rings is 1. The molecule has 1 saturated heterocycles. The van der Waals surface area contributed by atoms with Crippen LogP contribution >= 0.6 is 23.2 Å². The van der Waals surface area contributed by atoms with Crippen LogP contribution in [0.15, 0.2) is 18.2 Å². The Kier molecular flexibility index (Phi) is 8.36. The summed E-state index contributed by atoms with van der Waals surface area (Å²) in [5.41, 5.74) is 0. The van der Waals surface area contributed by atoms with Crippen molar-refractivity contribution in [2.24, 2.45) is 0 Å². The van der Waals surface area contributed by atoms with Gasteiger partial charge in [-0.1, -0.05) is 23.2 Å². The number of esters is 1. The second-order valence-corrected chi connectivity index (χ2v) is 9.06. The van der Waals surface area contributed by atoms with Crippen LogP contribution in [0.3, 0.4) is 0 Å². The van der Waals surface area contributed by atoms with E-state index in [1.54, 1.807) is 18.2 Å². The minimum absolute atomic E-state index is 0.0976. The standard InChI is InChI=1S/C17H22Cl2N2O6S/c1-28(24,25)21-8-6-20(7-9-21)16(22)12-27-17(23)3-2-10-26-15-5-4-13(18)11-14(15)19/h4-5,11H,2-3,6-10,12H2,1H3. The summed E-state index contributed by atoms with van der Waals surface area (Å²) in [6, 6.07) is 4.86. The molecule has 0 spiro atoms. The van der Waals surface area contributed by atoms with Gasteiger partial charge in [-0.25, -0.2) is 8.42 Å². The van der Waals surface area contributed by atoms with Crippen LogP contribution in [0.25, 0.3) is 0 Å². The summed E-state index contributed by atoms with van der Waals surface area (Å²) in [6.07, 6.45) is 1.64. The van der Waals surface area contributed by atoms with E-state index in [1.807, 2.05) is 0 Å². The SMILES string of the molecule is CS(=O)(=O)N1CCN(C(=O)COC(=O)CCCOc2ccc(Cl)cc2Cl)CC1. The van der Waals surface area contributed by atoms with Gasteiger partial charge in [0.25, 0.3) is 5.91 Å². The van der Waals surface area contributed by atoms with Crippen molar-refractivity contribution in [3.63, 3.8) is 0 Å². The first-order valence-corrected chi connectivity index (χ1v) is 11.2. The number of ether oxygens (including phenoxy) is 2. The fraction of sp³-hybridized carbons (Fsp3) is 0.529. The first kappa shape index (κ1) is 22.7. The van der Waals surface area contributed by atoms with E-state index in [9.17, 15) is 18.0 Å². The molecule has 0 radical (unpaired) electrons. The number of carbonyl (C=O) groups excluding carboxylic acids is 2. The van der Waals surface area contributed by atoms with Crippen molar-refractivity contribution >= 4 is 45.1 Å². The number of hydrogen-bond donors (Lipinski definition) is 0. The molecule has 1 aromatic rings. The van der Waals surface area contributed by atoms with Crippen LogP contribution in [0, 0.1) is 0 Å². The van der Waals surface area contributed by atoms with Crippen LogP contribution in [-0.2, 0) is 24.3 Å². The Balaban J connectivity index is 1.62. The molecular formula is C17H22Cl2N2O6S. The Morgan fingerprint density at radius 3 is 2.43 bits per heavy atom. The zero-order chi connectivity index (χ0) is 20.7. The Bertz CT molecular complexity index is 810. The highest BCUT2D eigenvalue weighted by Crippen LogP contribution is 2.27.